The van der Waals surface area contributed by atoms with Gasteiger partial charge >= 0.3 is 5.97 Å². The SMILES string of the molecule is CCCCCS(=O)(=O)Cc1c(C(=O)O)cnn1C. The largest absolute Gasteiger partial charge is 0.478 e. The molecule has 0 amide bonds. The number of rotatable bonds is 7. The lowest BCUT2D eigenvalue weighted by molar-refractivity contribution is 0.0696. The summed E-state index contributed by atoms with van der Waals surface area (Å²) >= 11 is 0. The van der Waals surface area contributed by atoms with E-state index in [9.17, 15) is 13.2 Å². The third-order valence-electron chi connectivity index (χ3n) is 2.71. The Morgan fingerprint density at radius 1 is 1.44 bits per heavy atom. The third kappa shape index (κ3) is 3.83. The van der Waals surface area contributed by atoms with Crippen LogP contribution in [0.4, 0.5) is 0 Å². The molecule has 0 saturated heterocycles. The molecule has 6 nitrogen and oxygen atoms in total. The van der Waals surface area contributed by atoms with Crippen LogP contribution in [0.15, 0.2) is 6.20 Å². The number of aromatic carboxylic acids is 1. The predicted molar refractivity (Wildman–Crippen MR) is 67.2 cm³/mol. The maximum Gasteiger partial charge on any atom is 0.339 e. The number of nitrogens with zero attached hydrogens (tertiary/aromatic N) is 2. The topological polar surface area (TPSA) is 89.3 Å². The van der Waals surface area contributed by atoms with E-state index >= 15 is 0 Å². The lowest BCUT2D eigenvalue weighted by Gasteiger charge is -2.05. The second kappa shape index (κ2) is 5.99. The molecule has 1 aromatic rings. The first kappa shape index (κ1) is 14.7. The van der Waals surface area contributed by atoms with Gasteiger partial charge in [0.1, 0.15) is 5.56 Å². The summed E-state index contributed by atoms with van der Waals surface area (Å²) in [6, 6.07) is 0. The Hall–Kier alpha value is -1.37. The fourth-order valence-electron chi connectivity index (χ4n) is 1.67. The molecule has 0 aliphatic heterocycles. The van der Waals surface area contributed by atoms with Crippen molar-refractivity contribution >= 4 is 15.8 Å². The number of aryl methyl sites for hydroxylation is 1. The molecule has 0 aliphatic carbocycles. The van der Waals surface area contributed by atoms with Gasteiger partial charge < -0.3 is 5.11 Å². The molecule has 7 heteroatoms. The third-order valence-corrected chi connectivity index (χ3v) is 4.33. The van der Waals surface area contributed by atoms with Gasteiger partial charge in [0, 0.05) is 7.05 Å². The van der Waals surface area contributed by atoms with Crippen LogP contribution in [0, 0.1) is 0 Å². The average molecular weight is 274 g/mol. The normalized spacial score (nSPS) is 11.7. The molecular weight excluding hydrogens is 256 g/mol. The van der Waals surface area contributed by atoms with Crippen LogP contribution in [0.3, 0.4) is 0 Å². The van der Waals surface area contributed by atoms with Crippen LogP contribution >= 0.6 is 0 Å². The highest BCUT2D eigenvalue weighted by molar-refractivity contribution is 7.90. The second-order valence-corrected chi connectivity index (χ2v) is 6.42. The highest BCUT2D eigenvalue weighted by Crippen LogP contribution is 2.13. The lowest BCUT2D eigenvalue weighted by Crippen LogP contribution is -2.14. The quantitative estimate of drug-likeness (QED) is 0.755. The van der Waals surface area contributed by atoms with E-state index < -0.39 is 15.8 Å². The van der Waals surface area contributed by atoms with Crippen molar-refractivity contribution in [1.29, 1.82) is 0 Å². The molecule has 0 aliphatic rings. The second-order valence-electron chi connectivity index (χ2n) is 4.23. The van der Waals surface area contributed by atoms with Crippen molar-refractivity contribution < 1.29 is 18.3 Å². The van der Waals surface area contributed by atoms with Gasteiger partial charge in [-0.3, -0.25) is 4.68 Å². The van der Waals surface area contributed by atoms with Crippen LogP contribution in [0.25, 0.3) is 0 Å². The van der Waals surface area contributed by atoms with E-state index in [1.165, 1.54) is 10.9 Å². The van der Waals surface area contributed by atoms with Crippen molar-refractivity contribution in [2.24, 2.45) is 7.05 Å². The predicted octanol–water partition coefficient (Wildman–Crippen LogP) is 1.22. The maximum atomic E-state index is 11.9. The molecule has 0 radical (unpaired) electrons. The van der Waals surface area contributed by atoms with Crippen molar-refractivity contribution in [2.45, 2.75) is 31.9 Å². The summed E-state index contributed by atoms with van der Waals surface area (Å²) in [7, 11) is -1.73. The Balaban J connectivity index is 2.84. The van der Waals surface area contributed by atoms with Crippen LogP contribution < -0.4 is 0 Å². The minimum absolute atomic E-state index is 0.0448. The number of carbonyl (C=O) groups is 1. The van der Waals surface area contributed by atoms with Gasteiger partial charge in [-0.2, -0.15) is 5.10 Å². The van der Waals surface area contributed by atoms with Crippen molar-refractivity contribution in [3.8, 4) is 0 Å². The number of unbranched alkanes of at least 4 members (excludes halogenated alkanes) is 2. The van der Waals surface area contributed by atoms with Crippen LogP contribution in [0.5, 0.6) is 0 Å². The number of carboxylic acid groups (broad SMARTS) is 1. The standard InChI is InChI=1S/C11H18N2O4S/c1-3-4-5-6-18(16,17)8-10-9(11(14)15)7-12-13(10)2/h7H,3-6,8H2,1-2H3,(H,14,15). The monoisotopic (exact) mass is 274 g/mol. The van der Waals surface area contributed by atoms with Gasteiger partial charge in [-0.15, -0.1) is 0 Å². The average Bonchev–Trinajstić information content (AvgIpc) is 2.60. The molecule has 0 bridgehead atoms. The first-order valence-electron chi connectivity index (χ1n) is 5.82. The minimum Gasteiger partial charge on any atom is -0.478 e. The Labute approximate surface area is 107 Å². The molecule has 0 fully saturated rings. The zero-order valence-electron chi connectivity index (χ0n) is 10.6. The Kier molecular flexibility index (Phi) is 4.89. The molecule has 0 atom stereocenters. The molecule has 1 aromatic heterocycles. The fourth-order valence-corrected chi connectivity index (χ4v) is 3.21. The van der Waals surface area contributed by atoms with E-state index in [-0.39, 0.29) is 22.8 Å². The molecule has 0 spiro atoms. The van der Waals surface area contributed by atoms with Gasteiger partial charge in [0.15, 0.2) is 9.84 Å². The van der Waals surface area contributed by atoms with Crippen molar-refractivity contribution in [3.63, 3.8) is 0 Å². The molecular formula is C11H18N2O4S. The highest BCUT2D eigenvalue weighted by atomic mass is 32.2. The number of hydrogen-bond donors (Lipinski definition) is 1. The summed E-state index contributed by atoms with van der Waals surface area (Å²) in [6.07, 6.45) is 3.59. The van der Waals surface area contributed by atoms with E-state index in [1.807, 2.05) is 6.92 Å². The molecule has 0 saturated carbocycles. The van der Waals surface area contributed by atoms with E-state index in [0.29, 0.717) is 6.42 Å². The minimum atomic E-state index is -3.28. The van der Waals surface area contributed by atoms with E-state index in [0.717, 1.165) is 12.8 Å². The van der Waals surface area contributed by atoms with Gasteiger partial charge in [-0.1, -0.05) is 19.8 Å². The van der Waals surface area contributed by atoms with Gasteiger partial charge in [0.05, 0.1) is 23.4 Å². The molecule has 1 heterocycles. The molecule has 1 rings (SSSR count). The van der Waals surface area contributed by atoms with Gasteiger partial charge in [0.25, 0.3) is 0 Å². The molecule has 18 heavy (non-hydrogen) atoms. The van der Waals surface area contributed by atoms with Crippen molar-refractivity contribution in [3.05, 3.63) is 17.5 Å². The first-order valence-corrected chi connectivity index (χ1v) is 7.64. The van der Waals surface area contributed by atoms with Crippen LogP contribution in [-0.2, 0) is 22.6 Å². The lowest BCUT2D eigenvalue weighted by atomic mass is 10.3. The molecule has 0 unspecified atom stereocenters. The summed E-state index contributed by atoms with van der Waals surface area (Å²) in [5.74, 6) is -1.33. The Bertz CT molecular complexity index is 519. The van der Waals surface area contributed by atoms with Crippen LogP contribution in [0.1, 0.15) is 42.2 Å². The molecule has 1 N–H and O–H groups in total. The number of carboxylic acids is 1. The zero-order valence-corrected chi connectivity index (χ0v) is 11.4. The Morgan fingerprint density at radius 2 is 2.11 bits per heavy atom. The molecule has 102 valence electrons. The first-order chi connectivity index (χ1) is 8.37. The number of sulfone groups is 1. The van der Waals surface area contributed by atoms with Gasteiger partial charge in [-0.05, 0) is 6.42 Å². The van der Waals surface area contributed by atoms with Crippen molar-refractivity contribution in [1.82, 2.24) is 9.78 Å². The number of hydrogen-bond acceptors (Lipinski definition) is 4. The smallest absolute Gasteiger partial charge is 0.339 e. The zero-order chi connectivity index (χ0) is 13.8. The summed E-state index contributed by atoms with van der Waals surface area (Å²) in [5, 5.41) is 12.7. The highest BCUT2D eigenvalue weighted by Gasteiger charge is 2.21. The van der Waals surface area contributed by atoms with Crippen molar-refractivity contribution in [2.75, 3.05) is 5.75 Å². The Morgan fingerprint density at radius 3 is 2.67 bits per heavy atom. The summed E-state index contributed by atoms with van der Waals surface area (Å²) in [6.45, 7) is 2.00. The van der Waals surface area contributed by atoms with Gasteiger partial charge in [0.2, 0.25) is 0 Å². The summed E-state index contributed by atoms with van der Waals surface area (Å²) in [5.41, 5.74) is 0.190. The summed E-state index contributed by atoms with van der Waals surface area (Å²) < 4.78 is 25.0. The number of aromatic nitrogens is 2. The maximum absolute atomic E-state index is 11.9. The van der Waals surface area contributed by atoms with E-state index in [4.69, 9.17) is 5.11 Å². The van der Waals surface area contributed by atoms with Crippen LogP contribution in [0.2, 0.25) is 0 Å². The van der Waals surface area contributed by atoms with Gasteiger partial charge in [-0.25, -0.2) is 13.2 Å². The van der Waals surface area contributed by atoms with E-state index in [2.05, 4.69) is 5.10 Å². The molecule has 0 aromatic carbocycles. The van der Waals surface area contributed by atoms with E-state index in [1.54, 1.807) is 7.05 Å². The summed E-state index contributed by atoms with van der Waals surface area (Å²) in [4.78, 5) is 10.9. The van der Waals surface area contributed by atoms with Crippen LogP contribution in [-0.4, -0.2) is 35.0 Å². The fraction of sp³-hybridized carbons (Fsp3) is 0.636.